The Morgan fingerprint density at radius 1 is 1.09 bits per heavy atom. The molecule has 0 unspecified atom stereocenters. The van der Waals surface area contributed by atoms with Crippen molar-refractivity contribution in [1.29, 1.82) is 0 Å². The molecule has 1 N–H and O–H groups in total. The summed E-state index contributed by atoms with van der Waals surface area (Å²) in [6.45, 7) is 3.39. The van der Waals surface area contributed by atoms with E-state index in [1.807, 2.05) is 36.4 Å². The van der Waals surface area contributed by atoms with Gasteiger partial charge in [0.1, 0.15) is 0 Å². The molecule has 0 atom stereocenters. The monoisotopic (exact) mass is 358 g/mol. The first-order valence-corrected chi connectivity index (χ1v) is 8.38. The molecule has 1 amide bonds. The molecular weight excluding hydrogens is 340 g/mol. The highest BCUT2D eigenvalue weighted by molar-refractivity contribution is 9.10. The van der Waals surface area contributed by atoms with E-state index in [2.05, 4.69) is 38.3 Å². The zero-order valence-corrected chi connectivity index (χ0v) is 14.0. The molecule has 4 heteroatoms. The Balaban J connectivity index is 1.61. The van der Waals surface area contributed by atoms with Crippen molar-refractivity contribution >= 4 is 27.5 Å². The molecule has 1 fully saturated rings. The fourth-order valence-corrected chi connectivity index (χ4v) is 3.12. The fourth-order valence-electron chi connectivity index (χ4n) is 2.73. The van der Waals surface area contributed by atoms with E-state index >= 15 is 0 Å². The molecule has 0 bridgehead atoms. The van der Waals surface area contributed by atoms with Gasteiger partial charge in [-0.15, -0.1) is 0 Å². The predicted molar refractivity (Wildman–Crippen MR) is 93.0 cm³/mol. The lowest BCUT2D eigenvalue weighted by Gasteiger charge is -2.14. The maximum absolute atomic E-state index is 12.2. The van der Waals surface area contributed by atoms with Gasteiger partial charge in [-0.1, -0.05) is 34.1 Å². The van der Waals surface area contributed by atoms with Gasteiger partial charge in [-0.25, -0.2) is 0 Å². The summed E-state index contributed by atoms with van der Waals surface area (Å²) in [6.07, 6.45) is 2.61. The SMILES string of the molecule is O=C(Nc1ccc(CN2CCCC2)cc1)c1cccc(Br)c1. The summed E-state index contributed by atoms with van der Waals surface area (Å²) in [4.78, 5) is 14.7. The molecule has 0 radical (unpaired) electrons. The molecule has 0 aromatic heterocycles. The van der Waals surface area contributed by atoms with Crippen LogP contribution in [0.5, 0.6) is 0 Å². The fraction of sp³-hybridized carbons (Fsp3) is 0.278. The highest BCUT2D eigenvalue weighted by Crippen LogP contribution is 2.17. The Hall–Kier alpha value is -1.65. The van der Waals surface area contributed by atoms with E-state index in [9.17, 15) is 4.79 Å². The number of carbonyl (C=O) groups is 1. The number of hydrogen-bond acceptors (Lipinski definition) is 2. The summed E-state index contributed by atoms with van der Waals surface area (Å²) in [5, 5.41) is 2.93. The van der Waals surface area contributed by atoms with E-state index in [0.29, 0.717) is 5.56 Å². The number of nitrogens with zero attached hydrogens (tertiary/aromatic N) is 1. The zero-order valence-electron chi connectivity index (χ0n) is 12.4. The number of amides is 1. The van der Waals surface area contributed by atoms with Crippen LogP contribution in [0.15, 0.2) is 53.0 Å². The Morgan fingerprint density at radius 3 is 2.50 bits per heavy atom. The molecule has 0 saturated carbocycles. The zero-order chi connectivity index (χ0) is 15.4. The van der Waals surface area contributed by atoms with Crippen molar-refractivity contribution in [2.45, 2.75) is 19.4 Å². The Morgan fingerprint density at radius 2 is 1.82 bits per heavy atom. The van der Waals surface area contributed by atoms with Gasteiger partial charge in [0, 0.05) is 22.3 Å². The van der Waals surface area contributed by atoms with Crippen LogP contribution in [0, 0.1) is 0 Å². The van der Waals surface area contributed by atoms with Crippen LogP contribution in [-0.2, 0) is 6.54 Å². The van der Waals surface area contributed by atoms with Gasteiger partial charge in [0.15, 0.2) is 0 Å². The van der Waals surface area contributed by atoms with E-state index in [-0.39, 0.29) is 5.91 Å². The maximum atomic E-state index is 12.2. The third kappa shape index (κ3) is 3.96. The lowest BCUT2D eigenvalue weighted by molar-refractivity contribution is 0.102. The third-order valence-corrected chi connectivity index (χ3v) is 4.40. The molecule has 1 heterocycles. The molecule has 3 rings (SSSR count). The molecule has 114 valence electrons. The second-order valence-corrected chi connectivity index (χ2v) is 6.56. The van der Waals surface area contributed by atoms with E-state index in [0.717, 1.165) is 16.7 Å². The van der Waals surface area contributed by atoms with Crippen molar-refractivity contribution < 1.29 is 4.79 Å². The first-order chi connectivity index (χ1) is 10.7. The van der Waals surface area contributed by atoms with Gasteiger partial charge >= 0.3 is 0 Å². The van der Waals surface area contributed by atoms with Gasteiger partial charge in [0.25, 0.3) is 5.91 Å². The average molecular weight is 359 g/mol. The average Bonchev–Trinajstić information content (AvgIpc) is 3.02. The van der Waals surface area contributed by atoms with Crippen LogP contribution in [0.4, 0.5) is 5.69 Å². The number of halogens is 1. The molecule has 2 aromatic rings. The topological polar surface area (TPSA) is 32.3 Å². The van der Waals surface area contributed by atoms with Crippen LogP contribution in [0.3, 0.4) is 0 Å². The largest absolute Gasteiger partial charge is 0.322 e. The standard InChI is InChI=1S/C18H19BrN2O/c19-16-5-3-4-15(12-16)18(22)20-17-8-6-14(7-9-17)13-21-10-1-2-11-21/h3-9,12H,1-2,10-11,13H2,(H,20,22). The summed E-state index contributed by atoms with van der Waals surface area (Å²) >= 11 is 3.38. The van der Waals surface area contributed by atoms with Crippen molar-refractivity contribution in [3.8, 4) is 0 Å². The van der Waals surface area contributed by atoms with E-state index in [1.165, 1.54) is 31.5 Å². The van der Waals surface area contributed by atoms with Gasteiger partial charge in [0.05, 0.1) is 0 Å². The number of hydrogen-bond donors (Lipinski definition) is 1. The van der Waals surface area contributed by atoms with E-state index < -0.39 is 0 Å². The van der Waals surface area contributed by atoms with Gasteiger partial charge in [-0.05, 0) is 61.8 Å². The van der Waals surface area contributed by atoms with Crippen molar-refractivity contribution in [2.24, 2.45) is 0 Å². The van der Waals surface area contributed by atoms with Crippen LogP contribution in [0.1, 0.15) is 28.8 Å². The summed E-state index contributed by atoms with van der Waals surface area (Å²) in [7, 11) is 0. The first-order valence-electron chi connectivity index (χ1n) is 7.59. The number of likely N-dealkylation sites (tertiary alicyclic amines) is 1. The minimum absolute atomic E-state index is 0.0893. The number of benzene rings is 2. The molecule has 1 aliphatic rings. The summed E-state index contributed by atoms with van der Waals surface area (Å²) in [5.41, 5.74) is 2.77. The van der Waals surface area contributed by atoms with Crippen molar-refractivity contribution in [3.05, 3.63) is 64.1 Å². The smallest absolute Gasteiger partial charge is 0.255 e. The lowest BCUT2D eigenvalue weighted by Crippen LogP contribution is -2.18. The van der Waals surface area contributed by atoms with Gasteiger partial charge in [0.2, 0.25) is 0 Å². The first kappa shape index (κ1) is 15.3. The highest BCUT2D eigenvalue weighted by atomic mass is 79.9. The molecule has 0 aliphatic carbocycles. The molecule has 0 spiro atoms. The predicted octanol–water partition coefficient (Wildman–Crippen LogP) is 4.30. The van der Waals surface area contributed by atoms with Crippen LogP contribution in [0.2, 0.25) is 0 Å². The van der Waals surface area contributed by atoms with E-state index in [1.54, 1.807) is 0 Å². The molecule has 1 saturated heterocycles. The molecule has 22 heavy (non-hydrogen) atoms. The number of carbonyl (C=O) groups excluding carboxylic acids is 1. The second kappa shape index (κ2) is 7.07. The van der Waals surface area contributed by atoms with E-state index in [4.69, 9.17) is 0 Å². The van der Waals surface area contributed by atoms with Crippen LogP contribution < -0.4 is 5.32 Å². The summed E-state index contributed by atoms with van der Waals surface area (Å²) < 4.78 is 0.904. The third-order valence-electron chi connectivity index (χ3n) is 3.90. The van der Waals surface area contributed by atoms with Crippen LogP contribution in [0.25, 0.3) is 0 Å². The number of rotatable bonds is 4. The molecule has 3 nitrogen and oxygen atoms in total. The lowest BCUT2D eigenvalue weighted by atomic mass is 10.1. The minimum Gasteiger partial charge on any atom is -0.322 e. The Kier molecular flexibility index (Phi) is 4.90. The summed E-state index contributed by atoms with van der Waals surface area (Å²) in [6, 6.07) is 15.5. The molecule has 1 aliphatic heterocycles. The normalized spacial score (nSPS) is 15.0. The maximum Gasteiger partial charge on any atom is 0.255 e. The number of nitrogens with one attached hydrogen (secondary N) is 1. The van der Waals surface area contributed by atoms with Gasteiger partial charge < -0.3 is 5.32 Å². The second-order valence-electron chi connectivity index (χ2n) is 5.64. The minimum atomic E-state index is -0.0893. The number of anilines is 1. The summed E-state index contributed by atoms with van der Waals surface area (Å²) in [5.74, 6) is -0.0893. The highest BCUT2D eigenvalue weighted by Gasteiger charge is 2.11. The van der Waals surface area contributed by atoms with Gasteiger partial charge in [-0.3, -0.25) is 9.69 Å². The Labute approximate surface area is 139 Å². The van der Waals surface area contributed by atoms with Crippen molar-refractivity contribution in [1.82, 2.24) is 4.90 Å². The van der Waals surface area contributed by atoms with Crippen LogP contribution >= 0.6 is 15.9 Å². The van der Waals surface area contributed by atoms with Crippen molar-refractivity contribution in [3.63, 3.8) is 0 Å². The van der Waals surface area contributed by atoms with Crippen LogP contribution in [-0.4, -0.2) is 23.9 Å². The van der Waals surface area contributed by atoms with Crippen molar-refractivity contribution in [2.75, 3.05) is 18.4 Å². The van der Waals surface area contributed by atoms with Gasteiger partial charge in [-0.2, -0.15) is 0 Å². The Bertz CT molecular complexity index is 648. The molecule has 2 aromatic carbocycles. The quantitative estimate of drug-likeness (QED) is 0.883. The molecular formula is C18H19BrN2O.